The summed E-state index contributed by atoms with van der Waals surface area (Å²) in [5, 5.41) is 19.7. The SMILES string of the molecule is C[C@]1(c2cc(-c3cccc(C#N)c3)cs2)CC(=N)N(Cc2ccncc2)C(=O)C1. The van der Waals surface area contributed by atoms with Gasteiger partial charge in [-0.2, -0.15) is 5.26 Å². The van der Waals surface area contributed by atoms with Crippen molar-refractivity contribution in [2.45, 2.75) is 31.7 Å². The Hall–Kier alpha value is -3.30. The Balaban J connectivity index is 1.55. The first-order valence-corrected chi connectivity index (χ1v) is 10.2. The van der Waals surface area contributed by atoms with E-state index < -0.39 is 5.41 Å². The van der Waals surface area contributed by atoms with Crippen molar-refractivity contribution in [1.29, 1.82) is 10.7 Å². The van der Waals surface area contributed by atoms with Crippen molar-refractivity contribution in [3.05, 3.63) is 76.2 Å². The molecule has 3 heterocycles. The molecule has 144 valence electrons. The number of nitriles is 1. The Labute approximate surface area is 173 Å². The number of carbonyl (C=O) groups excluding carboxylic acids is 1. The number of hydrogen-bond acceptors (Lipinski definition) is 5. The maximum Gasteiger partial charge on any atom is 0.229 e. The summed E-state index contributed by atoms with van der Waals surface area (Å²) in [7, 11) is 0. The first-order valence-electron chi connectivity index (χ1n) is 9.35. The molecule has 0 saturated carbocycles. The van der Waals surface area contributed by atoms with Crippen LogP contribution in [0.15, 0.2) is 60.2 Å². The molecule has 1 atom stereocenters. The molecule has 1 aliphatic rings. The van der Waals surface area contributed by atoms with Gasteiger partial charge >= 0.3 is 0 Å². The van der Waals surface area contributed by atoms with Crippen LogP contribution in [0.4, 0.5) is 0 Å². The molecule has 1 aromatic carbocycles. The number of rotatable bonds is 4. The van der Waals surface area contributed by atoms with Gasteiger partial charge in [0.15, 0.2) is 0 Å². The topological polar surface area (TPSA) is 80.8 Å². The summed E-state index contributed by atoms with van der Waals surface area (Å²) in [5.41, 5.74) is 3.24. The molecule has 3 aromatic rings. The average molecular weight is 401 g/mol. The van der Waals surface area contributed by atoms with Crippen molar-refractivity contribution in [3.63, 3.8) is 0 Å². The van der Waals surface area contributed by atoms with Gasteiger partial charge in [0.25, 0.3) is 0 Å². The van der Waals surface area contributed by atoms with Crippen molar-refractivity contribution in [3.8, 4) is 17.2 Å². The van der Waals surface area contributed by atoms with Crippen LogP contribution in [0.25, 0.3) is 11.1 Å². The third-order valence-corrected chi connectivity index (χ3v) is 6.57. The van der Waals surface area contributed by atoms with Crippen LogP contribution >= 0.6 is 11.3 Å². The van der Waals surface area contributed by atoms with Gasteiger partial charge in [0.05, 0.1) is 18.2 Å². The van der Waals surface area contributed by atoms with Gasteiger partial charge in [0, 0.05) is 35.5 Å². The number of amides is 1. The van der Waals surface area contributed by atoms with Crippen molar-refractivity contribution >= 4 is 23.1 Å². The molecule has 0 spiro atoms. The van der Waals surface area contributed by atoms with Gasteiger partial charge in [-0.3, -0.25) is 20.1 Å². The molecule has 1 fully saturated rings. The van der Waals surface area contributed by atoms with Crippen molar-refractivity contribution in [2.24, 2.45) is 0 Å². The second-order valence-electron chi connectivity index (χ2n) is 7.59. The molecule has 5 nitrogen and oxygen atoms in total. The second kappa shape index (κ2) is 7.61. The smallest absolute Gasteiger partial charge is 0.229 e. The van der Waals surface area contributed by atoms with Crippen LogP contribution < -0.4 is 0 Å². The molecular weight excluding hydrogens is 380 g/mol. The molecule has 0 unspecified atom stereocenters. The highest BCUT2D eigenvalue weighted by Crippen LogP contribution is 2.41. The number of nitrogens with one attached hydrogen (secondary N) is 1. The van der Waals surface area contributed by atoms with Crippen LogP contribution in [0.2, 0.25) is 0 Å². The molecule has 0 radical (unpaired) electrons. The first kappa shape index (κ1) is 19.0. The fraction of sp³-hybridized carbons (Fsp3) is 0.217. The average Bonchev–Trinajstić information content (AvgIpc) is 3.23. The molecule has 29 heavy (non-hydrogen) atoms. The number of piperidine rings is 1. The van der Waals surface area contributed by atoms with E-state index in [-0.39, 0.29) is 5.91 Å². The number of aromatic nitrogens is 1. The van der Waals surface area contributed by atoms with Gasteiger partial charge in [-0.25, -0.2) is 0 Å². The number of pyridine rings is 1. The second-order valence-corrected chi connectivity index (χ2v) is 8.50. The summed E-state index contributed by atoms with van der Waals surface area (Å²) in [5.74, 6) is 0.323. The number of likely N-dealkylation sites (tertiary alicyclic amines) is 1. The quantitative estimate of drug-likeness (QED) is 0.687. The summed E-state index contributed by atoms with van der Waals surface area (Å²) >= 11 is 1.61. The van der Waals surface area contributed by atoms with Gasteiger partial charge in [0.1, 0.15) is 5.84 Å². The lowest BCUT2D eigenvalue weighted by Crippen LogP contribution is -2.47. The van der Waals surface area contributed by atoms with E-state index in [1.165, 1.54) is 0 Å². The highest BCUT2D eigenvalue weighted by atomic mass is 32.1. The summed E-state index contributed by atoms with van der Waals surface area (Å²) in [6, 6.07) is 15.5. The minimum atomic E-state index is -0.390. The Morgan fingerprint density at radius 3 is 2.72 bits per heavy atom. The van der Waals surface area contributed by atoms with Gasteiger partial charge in [0.2, 0.25) is 5.91 Å². The summed E-state index contributed by atoms with van der Waals surface area (Å²) in [4.78, 5) is 19.6. The number of amidine groups is 1. The molecule has 1 amide bonds. The molecule has 1 N–H and O–H groups in total. The summed E-state index contributed by atoms with van der Waals surface area (Å²) < 4.78 is 0. The predicted molar refractivity (Wildman–Crippen MR) is 114 cm³/mol. The molecule has 6 heteroatoms. The zero-order chi connectivity index (χ0) is 20.4. The standard InChI is InChI=1S/C23H20N4OS/c1-23(20-10-19(15-29-20)18-4-2-3-17(9-18)13-24)11-21(25)27(22(28)12-23)14-16-5-7-26-8-6-16/h2-10,15,25H,11-12,14H2,1H3/t23-/m0/s1. The number of hydrogen-bond donors (Lipinski definition) is 1. The highest BCUT2D eigenvalue weighted by Gasteiger charge is 2.40. The van der Waals surface area contributed by atoms with Crippen molar-refractivity contribution < 1.29 is 4.79 Å². The van der Waals surface area contributed by atoms with Crippen LogP contribution in [-0.4, -0.2) is 21.6 Å². The number of nitrogens with zero attached hydrogens (tertiary/aromatic N) is 3. The fourth-order valence-electron chi connectivity index (χ4n) is 3.71. The van der Waals surface area contributed by atoms with E-state index in [9.17, 15) is 4.79 Å². The van der Waals surface area contributed by atoms with Gasteiger partial charge in [-0.05, 0) is 52.4 Å². The lowest BCUT2D eigenvalue weighted by Gasteiger charge is -2.38. The van der Waals surface area contributed by atoms with E-state index in [4.69, 9.17) is 10.7 Å². The number of thiophene rings is 1. The zero-order valence-electron chi connectivity index (χ0n) is 16.1. The number of benzene rings is 1. The molecule has 2 aromatic heterocycles. The van der Waals surface area contributed by atoms with E-state index in [1.54, 1.807) is 34.7 Å². The van der Waals surface area contributed by atoms with E-state index >= 15 is 0 Å². The minimum Gasteiger partial charge on any atom is -0.296 e. The van der Waals surface area contributed by atoms with Crippen LogP contribution in [0.5, 0.6) is 0 Å². The predicted octanol–water partition coefficient (Wildman–Crippen LogP) is 4.74. The third kappa shape index (κ3) is 3.82. The van der Waals surface area contributed by atoms with Crippen LogP contribution in [0, 0.1) is 16.7 Å². The van der Waals surface area contributed by atoms with Crippen molar-refractivity contribution in [1.82, 2.24) is 9.88 Å². The molecule has 1 aliphatic heterocycles. The van der Waals surface area contributed by atoms with E-state index in [2.05, 4.69) is 29.4 Å². The fourth-order valence-corrected chi connectivity index (χ4v) is 4.79. The van der Waals surface area contributed by atoms with E-state index in [0.717, 1.165) is 21.6 Å². The van der Waals surface area contributed by atoms with Crippen LogP contribution in [0.1, 0.15) is 35.8 Å². The van der Waals surface area contributed by atoms with Crippen LogP contribution in [-0.2, 0) is 16.8 Å². The Morgan fingerprint density at radius 1 is 1.21 bits per heavy atom. The Morgan fingerprint density at radius 2 is 2.00 bits per heavy atom. The highest BCUT2D eigenvalue weighted by molar-refractivity contribution is 7.10. The number of carbonyl (C=O) groups is 1. The molecule has 0 bridgehead atoms. The summed E-state index contributed by atoms with van der Waals surface area (Å²) in [6.45, 7) is 2.47. The molecule has 4 rings (SSSR count). The molecule has 1 saturated heterocycles. The van der Waals surface area contributed by atoms with E-state index in [0.29, 0.717) is 30.8 Å². The lowest BCUT2D eigenvalue weighted by molar-refractivity contribution is -0.130. The largest absolute Gasteiger partial charge is 0.296 e. The minimum absolute atomic E-state index is 0.0259. The summed E-state index contributed by atoms with van der Waals surface area (Å²) in [6.07, 6.45) is 4.29. The Kier molecular flexibility index (Phi) is 4.99. The Bertz CT molecular complexity index is 1100. The maximum atomic E-state index is 12.9. The maximum absolute atomic E-state index is 12.9. The van der Waals surface area contributed by atoms with Gasteiger partial charge < -0.3 is 0 Å². The normalized spacial score (nSPS) is 19.2. The molecular formula is C23H20N4OS. The third-order valence-electron chi connectivity index (χ3n) is 5.34. The first-order chi connectivity index (χ1) is 14.0. The van der Waals surface area contributed by atoms with Crippen LogP contribution in [0.3, 0.4) is 0 Å². The van der Waals surface area contributed by atoms with Gasteiger partial charge in [-0.1, -0.05) is 19.1 Å². The monoisotopic (exact) mass is 400 g/mol. The molecule has 0 aliphatic carbocycles. The van der Waals surface area contributed by atoms with Crippen molar-refractivity contribution in [2.75, 3.05) is 0 Å². The van der Waals surface area contributed by atoms with E-state index in [1.807, 2.05) is 30.3 Å². The van der Waals surface area contributed by atoms with Gasteiger partial charge in [-0.15, -0.1) is 11.3 Å². The zero-order valence-corrected chi connectivity index (χ0v) is 16.9. The lowest BCUT2D eigenvalue weighted by atomic mass is 9.77.